The zero-order valence-electron chi connectivity index (χ0n) is 13.2. The molecule has 2 unspecified atom stereocenters. The summed E-state index contributed by atoms with van der Waals surface area (Å²) in [6.45, 7) is 9.43. The predicted molar refractivity (Wildman–Crippen MR) is 85.9 cm³/mol. The van der Waals surface area contributed by atoms with Crippen molar-refractivity contribution in [2.75, 3.05) is 0 Å². The fourth-order valence-corrected chi connectivity index (χ4v) is 6.98. The molecule has 0 heterocycles. The number of allylic oxidation sites excluding steroid dienone is 2. The minimum Gasteiger partial charge on any atom is -0.407 e. The van der Waals surface area contributed by atoms with Crippen LogP contribution >= 0.6 is 0 Å². The molecule has 0 radical (unpaired) electrons. The average Bonchev–Trinajstić information content (AvgIpc) is 2.78. The Balaban J connectivity index is 2.33. The number of fused-ring (bicyclic) bond motifs is 1. The molecule has 2 atom stereocenters. The number of rotatable bonds is 5. The molecule has 0 saturated carbocycles. The molecule has 2 rings (SSSR count). The topological polar surface area (TPSA) is 9.23 Å². The fraction of sp³-hybridized carbons (Fsp3) is 0.765. The van der Waals surface area contributed by atoms with Crippen molar-refractivity contribution in [2.24, 2.45) is 5.92 Å². The van der Waals surface area contributed by atoms with Gasteiger partial charge in [0.1, 0.15) is 0 Å². The van der Waals surface area contributed by atoms with E-state index in [-0.39, 0.29) is 5.60 Å². The van der Waals surface area contributed by atoms with Gasteiger partial charge in [0, 0.05) is 0 Å². The molecular formula is C17H30OSi. The van der Waals surface area contributed by atoms with E-state index in [2.05, 4.69) is 45.9 Å². The zero-order chi connectivity index (χ0) is 13.9. The first kappa shape index (κ1) is 15.1. The van der Waals surface area contributed by atoms with Gasteiger partial charge in [-0.1, -0.05) is 45.9 Å². The standard InChI is InChI=1S/C17H30OSi/c1-5-19(6-2,7-3)18-17-14-10-13-16(17)12-9-8-11-15(17)4/h9,12-13,15H,5-8,10-11,14H2,1-4H3. The van der Waals surface area contributed by atoms with Gasteiger partial charge in [-0.25, -0.2) is 0 Å². The summed E-state index contributed by atoms with van der Waals surface area (Å²) in [7, 11) is -1.54. The van der Waals surface area contributed by atoms with Crippen LogP contribution in [0, 0.1) is 5.92 Å². The Morgan fingerprint density at radius 3 is 2.53 bits per heavy atom. The molecule has 0 N–H and O–H groups in total. The van der Waals surface area contributed by atoms with Crippen molar-refractivity contribution < 1.29 is 4.43 Å². The maximum atomic E-state index is 7.05. The molecule has 2 aliphatic carbocycles. The van der Waals surface area contributed by atoms with Crippen LogP contribution in [0.2, 0.25) is 18.1 Å². The summed E-state index contributed by atoms with van der Waals surface area (Å²) in [5.41, 5.74) is 1.55. The van der Waals surface area contributed by atoms with E-state index in [0.717, 1.165) is 0 Å². The highest BCUT2D eigenvalue weighted by atomic mass is 28.4. The van der Waals surface area contributed by atoms with Crippen LogP contribution in [0.3, 0.4) is 0 Å². The van der Waals surface area contributed by atoms with Crippen molar-refractivity contribution >= 4 is 8.32 Å². The van der Waals surface area contributed by atoms with Crippen LogP contribution in [-0.4, -0.2) is 13.9 Å². The maximum Gasteiger partial charge on any atom is 0.193 e. The van der Waals surface area contributed by atoms with Crippen molar-refractivity contribution in [3.8, 4) is 0 Å². The van der Waals surface area contributed by atoms with E-state index in [4.69, 9.17) is 4.43 Å². The van der Waals surface area contributed by atoms with E-state index in [1.54, 1.807) is 0 Å². The van der Waals surface area contributed by atoms with Crippen molar-refractivity contribution in [2.45, 2.75) is 77.1 Å². The van der Waals surface area contributed by atoms with Crippen LogP contribution in [-0.2, 0) is 4.43 Å². The lowest BCUT2D eigenvalue weighted by Gasteiger charge is -2.45. The molecule has 108 valence electrons. The summed E-state index contributed by atoms with van der Waals surface area (Å²) in [4.78, 5) is 0. The smallest absolute Gasteiger partial charge is 0.193 e. The second kappa shape index (κ2) is 5.97. The van der Waals surface area contributed by atoms with Crippen molar-refractivity contribution in [1.29, 1.82) is 0 Å². The van der Waals surface area contributed by atoms with Crippen LogP contribution < -0.4 is 0 Å². The van der Waals surface area contributed by atoms with Crippen molar-refractivity contribution in [3.63, 3.8) is 0 Å². The van der Waals surface area contributed by atoms with Crippen molar-refractivity contribution in [3.05, 3.63) is 23.8 Å². The molecule has 2 heteroatoms. The highest BCUT2D eigenvalue weighted by molar-refractivity contribution is 6.73. The summed E-state index contributed by atoms with van der Waals surface area (Å²) < 4.78 is 7.05. The maximum absolute atomic E-state index is 7.05. The fourth-order valence-electron chi connectivity index (χ4n) is 3.85. The summed E-state index contributed by atoms with van der Waals surface area (Å²) in [6.07, 6.45) is 12.0. The minimum absolute atomic E-state index is 0.0568. The van der Waals surface area contributed by atoms with Crippen LogP contribution in [0.15, 0.2) is 23.8 Å². The molecule has 0 aliphatic heterocycles. The molecule has 0 saturated heterocycles. The van der Waals surface area contributed by atoms with E-state index < -0.39 is 8.32 Å². The van der Waals surface area contributed by atoms with Gasteiger partial charge in [0.15, 0.2) is 8.32 Å². The summed E-state index contributed by atoms with van der Waals surface area (Å²) in [5.74, 6) is 0.660. The highest BCUT2D eigenvalue weighted by Gasteiger charge is 2.47. The van der Waals surface area contributed by atoms with Crippen LogP contribution in [0.1, 0.15) is 53.4 Å². The molecular weight excluding hydrogens is 248 g/mol. The summed E-state index contributed by atoms with van der Waals surface area (Å²) >= 11 is 0. The van der Waals surface area contributed by atoms with Gasteiger partial charge >= 0.3 is 0 Å². The third-order valence-electron chi connectivity index (χ3n) is 5.56. The lowest BCUT2D eigenvalue weighted by molar-refractivity contribution is 0.0408. The Labute approximate surface area is 120 Å². The quantitative estimate of drug-likeness (QED) is 0.607. The Hall–Kier alpha value is -0.343. The highest BCUT2D eigenvalue weighted by Crippen LogP contribution is 2.47. The molecule has 0 aromatic carbocycles. The summed E-state index contributed by atoms with van der Waals surface area (Å²) in [6, 6.07) is 3.77. The lowest BCUT2D eigenvalue weighted by Crippen LogP contribution is -2.50. The molecule has 0 bridgehead atoms. The predicted octanol–water partition coefficient (Wildman–Crippen LogP) is 5.45. The Morgan fingerprint density at radius 2 is 1.89 bits per heavy atom. The first-order chi connectivity index (χ1) is 9.12. The zero-order valence-corrected chi connectivity index (χ0v) is 14.2. The molecule has 0 amide bonds. The van der Waals surface area contributed by atoms with Crippen LogP contribution in [0.4, 0.5) is 0 Å². The average molecular weight is 279 g/mol. The van der Waals surface area contributed by atoms with Gasteiger partial charge in [-0.2, -0.15) is 0 Å². The Morgan fingerprint density at radius 1 is 1.21 bits per heavy atom. The van der Waals surface area contributed by atoms with E-state index in [1.165, 1.54) is 49.4 Å². The first-order valence-corrected chi connectivity index (χ1v) is 10.7. The monoisotopic (exact) mass is 278 g/mol. The lowest BCUT2D eigenvalue weighted by atomic mass is 9.82. The third kappa shape index (κ3) is 2.62. The molecule has 0 aromatic rings. The normalized spacial score (nSPS) is 30.9. The van der Waals surface area contributed by atoms with Gasteiger partial charge < -0.3 is 4.43 Å². The molecule has 0 spiro atoms. The van der Waals surface area contributed by atoms with Gasteiger partial charge in [0.05, 0.1) is 5.60 Å². The van der Waals surface area contributed by atoms with Crippen LogP contribution in [0.5, 0.6) is 0 Å². The van der Waals surface area contributed by atoms with Crippen LogP contribution in [0.25, 0.3) is 0 Å². The number of hydrogen-bond donors (Lipinski definition) is 0. The van der Waals surface area contributed by atoms with Gasteiger partial charge in [-0.05, 0) is 55.3 Å². The molecule has 2 aliphatic rings. The summed E-state index contributed by atoms with van der Waals surface area (Å²) in [5, 5.41) is 0. The third-order valence-corrected chi connectivity index (χ3v) is 10.2. The van der Waals surface area contributed by atoms with Gasteiger partial charge in [0.2, 0.25) is 0 Å². The van der Waals surface area contributed by atoms with E-state index >= 15 is 0 Å². The molecule has 0 fully saturated rings. The SMILES string of the molecule is CC[Si](CC)(CC)OC12CCC=C1C=CCCC2C. The second-order valence-corrected chi connectivity index (χ2v) is 11.0. The van der Waals surface area contributed by atoms with E-state index in [9.17, 15) is 0 Å². The first-order valence-electron chi connectivity index (χ1n) is 8.20. The molecule has 0 aromatic heterocycles. The Kier molecular flexibility index (Phi) is 4.73. The molecule has 1 nitrogen and oxygen atoms in total. The van der Waals surface area contributed by atoms with Gasteiger partial charge in [-0.3, -0.25) is 0 Å². The second-order valence-electron chi connectivity index (χ2n) is 6.31. The van der Waals surface area contributed by atoms with Gasteiger partial charge in [0.25, 0.3) is 0 Å². The van der Waals surface area contributed by atoms with Gasteiger partial charge in [-0.15, -0.1) is 0 Å². The number of hydrogen-bond acceptors (Lipinski definition) is 1. The molecule has 19 heavy (non-hydrogen) atoms. The van der Waals surface area contributed by atoms with E-state index in [1.807, 2.05) is 0 Å². The van der Waals surface area contributed by atoms with E-state index in [0.29, 0.717) is 5.92 Å². The minimum atomic E-state index is -1.54. The van der Waals surface area contributed by atoms with Crippen molar-refractivity contribution in [1.82, 2.24) is 0 Å². The largest absolute Gasteiger partial charge is 0.407 e. The Bertz CT molecular complexity index is 359.